The van der Waals surface area contributed by atoms with Gasteiger partial charge in [0.1, 0.15) is 17.1 Å². The molecule has 0 aliphatic carbocycles. The van der Waals surface area contributed by atoms with E-state index in [1.54, 1.807) is 6.92 Å². The van der Waals surface area contributed by atoms with Crippen LogP contribution in [0.25, 0.3) is 0 Å². The number of ether oxygens (including phenoxy) is 2. The third kappa shape index (κ3) is 8.36. The van der Waals surface area contributed by atoms with E-state index in [1.807, 2.05) is 52.0 Å². The van der Waals surface area contributed by atoms with Gasteiger partial charge in [-0.3, -0.25) is 0 Å². The molecule has 0 radical (unpaired) electrons. The van der Waals surface area contributed by atoms with E-state index in [0.717, 1.165) is 34.8 Å². The highest BCUT2D eigenvalue weighted by Crippen LogP contribution is 2.26. The zero-order chi connectivity index (χ0) is 22.7. The van der Waals surface area contributed by atoms with Crippen molar-refractivity contribution in [1.82, 2.24) is 10.6 Å². The van der Waals surface area contributed by atoms with Crippen LogP contribution in [-0.2, 0) is 28.2 Å². The molecule has 0 aliphatic heterocycles. The lowest BCUT2D eigenvalue weighted by Crippen LogP contribution is -2.44. The second-order valence-corrected chi connectivity index (χ2v) is 7.72. The average molecular weight is 432 g/mol. The van der Waals surface area contributed by atoms with Crippen molar-refractivity contribution >= 4 is 5.96 Å². The molecule has 0 saturated carbocycles. The highest BCUT2D eigenvalue weighted by molar-refractivity contribution is 5.79. The Bertz CT molecular complexity index is 830. The number of aliphatic imine (C=N–C) groups is 1. The number of aliphatic hydroxyl groups is 1. The first-order valence-electron chi connectivity index (χ1n) is 10.9. The highest BCUT2D eigenvalue weighted by atomic mass is 16.5. The molecule has 2 aromatic rings. The van der Waals surface area contributed by atoms with Gasteiger partial charge < -0.3 is 29.6 Å². The Kier molecular flexibility index (Phi) is 10.0. The van der Waals surface area contributed by atoms with Gasteiger partial charge in [-0.1, -0.05) is 24.3 Å². The molecule has 2 rings (SSSR count). The highest BCUT2D eigenvalue weighted by Gasteiger charge is 2.27. The van der Waals surface area contributed by atoms with E-state index in [-0.39, 0.29) is 0 Å². The number of nitrogens with one attached hydrogen (secondary N) is 2. The number of hydrogen-bond acceptors (Lipinski definition) is 5. The first-order valence-corrected chi connectivity index (χ1v) is 10.9. The molecule has 172 valence electrons. The Morgan fingerprint density at radius 1 is 1.10 bits per heavy atom. The Hall–Kier alpha value is -2.35. The lowest BCUT2D eigenvalue weighted by Gasteiger charge is -2.24. The normalized spacial score (nSPS) is 13.8. The molecular weight excluding hydrogens is 394 g/mol. The van der Waals surface area contributed by atoms with E-state index >= 15 is 0 Å². The SMILES string of the molecule is CCNC(=NCc1cccc(COCCOCC)c1)NCC(C)(O)c1cc(C)oc1C. The van der Waals surface area contributed by atoms with Crippen molar-refractivity contribution < 1.29 is 19.0 Å². The van der Waals surface area contributed by atoms with Gasteiger partial charge in [-0.05, 0) is 51.8 Å². The number of aryl methyl sites for hydroxylation is 2. The van der Waals surface area contributed by atoms with Gasteiger partial charge in [0, 0.05) is 18.7 Å². The van der Waals surface area contributed by atoms with Crippen molar-refractivity contribution in [2.24, 2.45) is 4.99 Å². The molecule has 0 aliphatic rings. The van der Waals surface area contributed by atoms with Gasteiger partial charge in [0.15, 0.2) is 5.96 Å². The molecule has 3 N–H and O–H groups in total. The predicted molar refractivity (Wildman–Crippen MR) is 123 cm³/mol. The Morgan fingerprint density at radius 3 is 2.52 bits per heavy atom. The lowest BCUT2D eigenvalue weighted by atomic mass is 9.96. The molecule has 1 atom stereocenters. The third-order valence-corrected chi connectivity index (χ3v) is 4.82. The Morgan fingerprint density at radius 2 is 1.84 bits per heavy atom. The fraction of sp³-hybridized carbons (Fsp3) is 0.542. The summed E-state index contributed by atoms with van der Waals surface area (Å²) in [7, 11) is 0. The van der Waals surface area contributed by atoms with Gasteiger partial charge in [-0.15, -0.1) is 0 Å². The number of furan rings is 1. The molecule has 1 aromatic heterocycles. The van der Waals surface area contributed by atoms with Crippen LogP contribution in [0.3, 0.4) is 0 Å². The zero-order valence-electron chi connectivity index (χ0n) is 19.5. The molecule has 0 bridgehead atoms. The molecule has 1 aromatic carbocycles. The molecular formula is C24H37N3O4. The fourth-order valence-electron chi connectivity index (χ4n) is 3.30. The molecule has 1 heterocycles. The van der Waals surface area contributed by atoms with Gasteiger partial charge in [0.05, 0.1) is 32.9 Å². The quantitative estimate of drug-likeness (QED) is 0.271. The Labute approximate surface area is 185 Å². The fourth-order valence-corrected chi connectivity index (χ4v) is 3.30. The summed E-state index contributed by atoms with van der Waals surface area (Å²) in [5.74, 6) is 2.17. The maximum absolute atomic E-state index is 10.9. The standard InChI is InChI=1S/C24H37N3O4/c1-6-25-23(27-17-24(5,28)22-13-18(3)31-19(22)4)26-15-20-9-8-10-21(14-20)16-30-12-11-29-7-2/h8-10,13-14,28H,6-7,11-12,15-17H2,1-5H3,(H2,25,26,27). The van der Waals surface area contributed by atoms with Crippen LogP contribution in [-0.4, -0.2) is 44.0 Å². The second kappa shape index (κ2) is 12.5. The maximum atomic E-state index is 10.9. The maximum Gasteiger partial charge on any atom is 0.191 e. The summed E-state index contributed by atoms with van der Waals surface area (Å²) in [6.07, 6.45) is 0. The first-order chi connectivity index (χ1) is 14.9. The van der Waals surface area contributed by atoms with Gasteiger partial charge in [-0.2, -0.15) is 0 Å². The predicted octanol–water partition coefficient (Wildman–Crippen LogP) is 3.41. The van der Waals surface area contributed by atoms with Crippen molar-refractivity contribution in [2.75, 3.05) is 32.9 Å². The van der Waals surface area contributed by atoms with Crippen molar-refractivity contribution in [3.05, 3.63) is 58.5 Å². The van der Waals surface area contributed by atoms with Gasteiger partial charge >= 0.3 is 0 Å². The van der Waals surface area contributed by atoms with Crippen LogP contribution >= 0.6 is 0 Å². The third-order valence-electron chi connectivity index (χ3n) is 4.82. The average Bonchev–Trinajstić information content (AvgIpc) is 3.09. The minimum atomic E-state index is -1.07. The first kappa shape index (κ1) is 24.9. The minimum Gasteiger partial charge on any atom is -0.466 e. The summed E-state index contributed by atoms with van der Waals surface area (Å²) in [6, 6.07) is 10.1. The molecule has 0 fully saturated rings. The largest absolute Gasteiger partial charge is 0.466 e. The lowest BCUT2D eigenvalue weighted by molar-refractivity contribution is 0.0453. The number of rotatable bonds is 12. The van der Waals surface area contributed by atoms with Crippen LogP contribution in [0.4, 0.5) is 0 Å². The molecule has 31 heavy (non-hydrogen) atoms. The Balaban J connectivity index is 1.95. The molecule has 7 heteroatoms. The monoisotopic (exact) mass is 431 g/mol. The van der Waals surface area contributed by atoms with E-state index in [4.69, 9.17) is 13.9 Å². The molecule has 0 saturated heterocycles. The minimum absolute atomic E-state index is 0.312. The number of nitrogens with zero attached hydrogens (tertiary/aromatic N) is 1. The van der Waals surface area contributed by atoms with Crippen LogP contribution < -0.4 is 10.6 Å². The van der Waals surface area contributed by atoms with E-state index in [1.165, 1.54) is 0 Å². The summed E-state index contributed by atoms with van der Waals surface area (Å²) < 4.78 is 16.5. The van der Waals surface area contributed by atoms with Crippen molar-refractivity contribution in [1.29, 1.82) is 0 Å². The zero-order valence-corrected chi connectivity index (χ0v) is 19.5. The van der Waals surface area contributed by atoms with E-state index in [9.17, 15) is 5.11 Å². The number of benzene rings is 1. The van der Waals surface area contributed by atoms with Crippen LogP contribution in [0.1, 0.15) is 49.0 Å². The summed E-state index contributed by atoms with van der Waals surface area (Å²) in [6.45, 7) is 13.5. The topological polar surface area (TPSA) is 88.3 Å². The van der Waals surface area contributed by atoms with E-state index < -0.39 is 5.60 Å². The summed E-state index contributed by atoms with van der Waals surface area (Å²) >= 11 is 0. The molecule has 1 unspecified atom stereocenters. The summed E-state index contributed by atoms with van der Waals surface area (Å²) in [5.41, 5.74) is 1.91. The summed E-state index contributed by atoms with van der Waals surface area (Å²) in [5, 5.41) is 17.4. The van der Waals surface area contributed by atoms with Gasteiger partial charge in [0.2, 0.25) is 0 Å². The second-order valence-electron chi connectivity index (χ2n) is 7.72. The van der Waals surface area contributed by atoms with Crippen LogP contribution in [0.15, 0.2) is 39.7 Å². The van der Waals surface area contributed by atoms with Crippen LogP contribution in [0.2, 0.25) is 0 Å². The van der Waals surface area contributed by atoms with Crippen molar-refractivity contribution in [3.63, 3.8) is 0 Å². The molecule has 0 spiro atoms. The van der Waals surface area contributed by atoms with Crippen LogP contribution in [0, 0.1) is 13.8 Å². The van der Waals surface area contributed by atoms with Crippen LogP contribution in [0.5, 0.6) is 0 Å². The van der Waals surface area contributed by atoms with Gasteiger partial charge in [0.25, 0.3) is 0 Å². The van der Waals surface area contributed by atoms with Gasteiger partial charge in [-0.25, -0.2) is 4.99 Å². The van der Waals surface area contributed by atoms with E-state index in [0.29, 0.717) is 45.5 Å². The smallest absolute Gasteiger partial charge is 0.191 e. The van der Waals surface area contributed by atoms with E-state index in [2.05, 4.69) is 21.7 Å². The number of guanidine groups is 1. The molecule has 7 nitrogen and oxygen atoms in total. The number of hydrogen-bond donors (Lipinski definition) is 3. The van der Waals surface area contributed by atoms with Crippen molar-refractivity contribution in [3.8, 4) is 0 Å². The summed E-state index contributed by atoms with van der Waals surface area (Å²) in [4.78, 5) is 4.67. The molecule has 0 amide bonds. The van der Waals surface area contributed by atoms with Crippen molar-refractivity contribution in [2.45, 2.75) is 53.4 Å².